The summed E-state index contributed by atoms with van der Waals surface area (Å²) in [6, 6.07) is 22.2. The molecule has 0 aliphatic carbocycles. The van der Waals surface area contributed by atoms with Crippen molar-refractivity contribution >= 4 is 0 Å². The lowest BCUT2D eigenvalue weighted by atomic mass is 10.0. The Morgan fingerprint density at radius 2 is 1.71 bits per heavy atom. The number of aromatic amines is 1. The van der Waals surface area contributed by atoms with Gasteiger partial charge in [-0.25, -0.2) is 14.8 Å². The van der Waals surface area contributed by atoms with Gasteiger partial charge in [-0.1, -0.05) is 80.4 Å². The minimum Gasteiger partial charge on any atom is -0.256 e. The molecule has 0 aliphatic heterocycles. The lowest BCUT2D eigenvalue weighted by molar-refractivity contribution is 0.606. The average molecular weight is 451 g/mol. The fraction of sp³-hybridized carbons (Fsp3) is 0.231. The Morgan fingerprint density at radius 3 is 2.44 bits per heavy atom. The largest absolute Gasteiger partial charge is 0.256 e. The predicted molar refractivity (Wildman–Crippen MR) is 131 cm³/mol. The first-order valence-corrected chi connectivity index (χ1v) is 11.6. The maximum absolute atomic E-state index is 4.86. The molecular weight excluding hydrogens is 424 g/mol. The number of nitrogens with one attached hydrogen (secondary N) is 1. The zero-order valence-electron chi connectivity index (χ0n) is 19.1. The monoisotopic (exact) mass is 450 g/mol. The van der Waals surface area contributed by atoms with E-state index in [-0.39, 0.29) is 0 Å². The van der Waals surface area contributed by atoms with Crippen molar-refractivity contribution in [1.82, 2.24) is 40.4 Å². The molecule has 0 radical (unpaired) electrons. The number of hydrogen-bond acceptors (Lipinski definition) is 6. The number of aromatic nitrogens is 8. The van der Waals surface area contributed by atoms with E-state index in [1.165, 1.54) is 12.8 Å². The Bertz CT molecular complexity index is 1330. The number of benzene rings is 2. The molecule has 5 rings (SSSR count). The van der Waals surface area contributed by atoms with Crippen LogP contribution in [0.1, 0.15) is 37.6 Å². The van der Waals surface area contributed by atoms with Crippen molar-refractivity contribution in [1.29, 1.82) is 0 Å². The van der Waals surface area contributed by atoms with Crippen molar-refractivity contribution in [3.8, 4) is 34.0 Å². The molecule has 8 heteroatoms. The van der Waals surface area contributed by atoms with Crippen LogP contribution in [0.2, 0.25) is 0 Å². The van der Waals surface area contributed by atoms with Crippen LogP contribution in [0.5, 0.6) is 0 Å². The number of H-pyrrole nitrogens is 1. The summed E-state index contributed by atoms with van der Waals surface area (Å²) in [6.45, 7) is 2.84. The Kier molecular flexibility index (Phi) is 6.47. The van der Waals surface area contributed by atoms with Crippen LogP contribution in [-0.4, -0.2) is 40.4 Å². The molecule has 3 aromatic heterocycles. The summed E-state index contributed by atoms with van der Waals surface area (Å²) < 4.78 is 2.02. The van der Waals surface area contributed by atoms with Crippen molar-refractivity contribution in [2.24, 2.45) is 0 Å². The third-order valence-electron chi connectivity index (χ3n) is 5.74. The second-order valence-electron chi connectivity index (χ2n) is 8.18. The molecule has 0 saturated carbocycles. The van der Waals surface area contributed by atoms with Crippen LogP contribution in [0, 0.1) is 0 Å². The smallest absolute Gasteiger partial charge is 0.181 e. The second-order valence-corrected chi connectivity index (χ2v) is 8.18. The van der Waals surface area contributed by atoms with Crippen molar-refractivity contribution in [2.45, 2.75) is 39.2 Å². The van der Waals surface area contributed by atoms with Gasteiger partial charge in [-0.3, -0.25) is 4.98 Å². The van der Waals surface area contributed by atoms with Crippen LogP contribution >= 0.6 is 0 Å². The molecule has 0 fully saturated rings. The first kappa shape index (κ1) is 21.6. The van der Waals surface area contributed by atoms with Crippen molar-refractivity contribution in [3.63, 3.8) is 0 Å². The van der Waals surface area contributed by atoms with Crippen LogP contribution in [0.15, 0.2) is 72.9 Å². The van der Waals surface area contributed by atoms with Crippen LogP contribution in [-0.2, 0) is 13.0 Å². The van der Waals surface area contributed by atoms with Gasteiger partial charge in [0.05, 0.1) is 12.2 Å². The zero-order chi connectivity index (χ0) is 23.2. The van der Waals surface area contributed by atoms with Gasteiger partial charge in [0, 0.05) is 29.3 Å². The van der Waals surface area contributed by atoms with Gasteiger partial charge in [-0.2, -0.15) is 5.10 Å². The van der Waals surface area contributed by atoms with E-state index < -0.39 is 0 Å². The Labute approximate surface area is 198 Å². The molecule has 1 N–H and O–H groups in total. The molecule has 2 aromatic carbocycles. The summed E-state index contributed by atoms with van der Waals surface area (Å²) in [5, 5.41) is 19.1. The zero-order valence-corrected chi connectivity index (χ0v) is 19.1. The molecule has 0 amide bonds. The molecule has 5 aromatic rings. The van der Waals surface area contributed by atoms with Crippen molar-refractivity contribution < 1.29 is 0 Å². The van der Waals surface area contributed by atoms with Gasteiger partial charge in [0.2, 0.25) is 0 Å². The number of rotatable bonds is 9. The van der Waals surface area contributed by atoms with Crippen LogP contribution in [0.4, 0.5) is 0 Å². The van der Waals surface area contributed by atoms with Gasteiger partial charge >= 0.3 is 0 Å². The fourth-order valence-corrected chi connectivity index (χ4v) is 3.97. The average Bonchev–Trinajstić information content (AvgIpc) is 3.56. The van der Waals surface area contributed by atoms with Crippen LogP contribution in [0.25, 0.3) is 34.0 Å². The van der Waals surface area contributed by atoms with E-state index >= 15 is 0 Å². The van der Waals surface area contributed by atoms with Crippen LogP contribution in [0.3, 0.4) is 0 Å². The number of aryl methyl sites for hydroxylation is 1. The topological polar surface area (TPSA) is 98.1 Å². The van der Waals surface area contributed by atoms with E-state index in [4.69, 9.17) is 15.1 Å². The maximum Gasteiger partial charge on any atom is 0.181 e. The molecule has 0 aliphatic rings. The first-order valence-electron chi connectivity index (χ1n) is 11.6. The highest BCUT2D eigenvalue weighted by Gasteiger charge is 2.14. The lowest BCUT2D eigenvalue weighted by Crippen LogP contribution is -2.07. The van der Waals surface area contributed by atoms with Gasteiger partial charge in [0.25, 0.3) is 0 Å². The van der Waals surface area contributed by atoms with E-state index in [0.717, 1.165) is 52.4 Å². The summed E-state index contributed by atoms with van der Waals surface area (Å²) in [5.41, 5.74) is 4.85. The maximum atomic E-state index is 4.86. The predicted octanol–water partition coefficient (Wildman–Crippen LogP) is 4.97. The third kappa shape index (κ3) is 4.76. The number of hydrogen-bond donors (Lipinski definition) is 1. The summed E-state index contributed by atoms with van der Waals surface area (Å²) in [6.07, 6.45) is 6.29. The third-order valence-corrected chi connectivity index (χ3v) is 5.74. The Balaban J connectivity index is 1.40. The molecule has 0 bridgehead atoms. The van der Waals surface area contributed by atoms with Gasteiger partial charge in [0.15, 0.2) is 11.6 Å². The molecule has 8 nitrogen and oxygen atoms in total. The van der Waals surface area contributed by atoms with E-state index in [2.05, 4.69) is 33.6 Å². The highest BCUT2D eigenvalue weighted by Crippen LogP contribution is 2.28. The summed E-state index contributed by atoms with van der Waals surface area (Å²) in [5.74, 6) is 2.40. The number of pyridine rings is 1. The van der Waals surface area contributed by atoms with Crippen molar-refractivity contribution in [3.05, 3.63) is 84.3 Å². The van der Waals surface area contributed by atoms with E-state index in [1.54, 1.807) is 0 Å². The summed E-state index contributed by atoms with van der Waals surface area (Å²) in [7, 11) is 0. The standard InChI is InChI=1S/C26H26N8/c1-2-3-5-14-24-28-25(20-10-6-4-7-11-20)31-34(24)18-19-15-16-23(27-17-19)21-12-8-9-13-22(21)26-29-32-33-30-26/h4,6-13,15-17H,2-3,5,14,18H2,1H3,(H,29,30,32,33). The molecule has 0 saturated heterocycles. The fourth-order valence-electron chi connectivity index (χ4n) is 3.97. The van der Waals surface area contributed by atoms with E-state index in [0.29, 0.717) is 12.4 Å². The number of tetrazole rings is 1. The van der Waals surface area contributed by atoms with Crippen molar-refractivity contribution in [2.75, 3.05) is 0 Å². The molecular formula is C26H26N8. The molecule has 3 heterocycles. The van der Waals surface area contributed by atoms with Gasteiger partial charge in [0.1, 0.15) is 5.82 Å². The van der Waals surface area contributed by atoms with Gasteiger partial charge < -0.3 is 0 Å². The molecule has 34 heavy (non-hydrogen) atoms. The Morgan fingerprint density at radius 1 is 0.882 bits per heavy atom. The van der Waals surface area contributed by atoms with Gasteiger partial charge in [-0.15, -0.1) is 5.10 Å². The lowest BCUT2D eigenvalue weighted by Gasteiger charge is -2.09. The second kappa shape index (κ2) is 10.2. The summed E-state index contributed by atoms with van der Waals surface area (Å²) in [4.78, 5) is 9.60. The molecule has 0 spiro atoms. The number of nitrogens with zero attached hydrogens (tertiary/aromatic N) is 7. The molecule has 0 unspecified atom stereocenters. The van der Waals surface area contributed by atoms with Crippen LogP contribution < -0.4 is 0 Å². The Hall–Kier alpha value is -4.20. The van der Waals surface area contributed by atoms with Gasteiger partial charge in [-0.05, 0) is 28.5 Å². The van der Waals surface area contributed by atoms with E-state index in [1.807, 2.05) is 71.5 Å². The quantitative estimate of drug-likeness (QED) is 0.319. The normalized spacial score (nSPS) is 11.1. The number of unbranched alkanes of at least 4 members (excludes halogenated alkanes) is 2. The highest BCUT2D eigenvalue weighted by molar-refractivity contribution is 5.78. The molecule has 170 valence electrons. The summed E-state index contributed by atoms with van der Waals surface area (Å²) >= 11 is 0. The molecule has 0 atom stereocenters. The highest BCUT2D eigenvalue weighted by atomic mass is 15.5. The SMILES string of the molecule is CCCCCc1nc(-c2ccccc2)nn1Cc1ccc(-c2ccccc2-c2nnn[nH]2)nc1. The first-order chi connectivity index (χ1) is 16.8. The minimum absolute atomic E-state index is 0.620. The van der Waals surface area contributed by atoms with E-state index in [9.17, 15) is 0 Å². The minimum atomic E-state index is 0.620.